The number of aryl methyl sites for hydroxylation is 1. The maximum Gasteiger partial charge on any atom is 0.240 e. The number of nitrogens with one attached hydrogen (secondary N) is 2. The average molecular weight is 342 g/mol. The van der Waals surface area contributed by atoms with Gasteiger partial charge in [0.25, 0.3) is 0 Å². The molecule has 0 fully saturated rings. The zero-order valence-electron chi connectivity index (χ0n) is 13.9. The van der Waals surface area contributed by atoms with Crippen LogP contribution in [0.5, 0.6) is 0 Å². The normalized spacial score (nSPS) is 13.2. The molecule has 4 nitrogen and oxygen atoms in total. The van der Waals surface area contributed by atoms with Gasteiger partial charge in [-0.1, -0.05) is 42.8 Å². The van der Waals surface area contributed by atoms with Crippen molar-refractivity contribution in [3.05, 3.63) is 65.9 Å². The molecule has 1 aromatic heterocycles. The van der Waals surface area contributed by atoms with E-state index in [1.54, 1.807) is 12.1 Å². The topological polar surface area (TPSA) is 62.0 Å². The molecule has 0 saturated heterocycles. The number of hydrogen-bond donors (Lipinski definition) is 2. The molecule has 0 aliphatic carbocycles. The predicted octanol–water partition coefficient (Wildman–Crippen LogP) is 3.78. The summed E-state index contributed by atoms with van der Waals surface area (Å²) in [6.07, 6.45) is 3.35. The van der Waals surface area contributed by atoms with Crippen LogP contribution in [0.1, 0.15) is 24.5 Å². The number of aromatic amines is 1. The third-order valence-electron chi connectivity index (χ3n) is 4.29. The van der Waals surface area contributed by atoms with Crippen molar-refractivity contribution in [3.63, 3.8) is 0 Å². The van der Waals surface area contributed by atoms with Gasteiger partial charge in [-0.15, -0.1) is 0 Å². The molecule has 3 aromatic rings. The number of sulfonamides is 1. The van der Waals surface area contributed by atoms with Crippen molar-refractivity contribution in [2.24, 2.45) is 0 Å². The second kappa shape index (κ2) is 6.79. The summed E-state index contributed by atoms with van der Waals surface area (Å²) in [5.74, 6) is 0. The van der Waals surface area contributed by atoms with Crippen LogP contribution in [-0.2, 0) is 16.4 Å². The van der Waals surface area contributed by atoms with Crippen molar-refractivity contribution in [2.45, 2.75) is 37.6 Å². The summed E-state index contributed by atoms with van der Waals surface area (Å²) in [4.78, 5) is 3.55. The Morgan fingerprint density at radius 1 is 1.08 bits per heavy atom. The summed E-state index contributed by atoms with van der Waals surface area (Å²) in [5.41, 5.74) is 3.24. The third-order valence-corrected chi connectivity index (χ3v) is 5.82. The summed E-state index contributed by atoms with van der Waals surface area (Å²) in [6, 6.07) is 14.8. The van der Waals surface area contributed by atoms with Crippen molar-refractivity contribution in [1.29, 1.82) is 0 Å². The van der Waals surface area contributed by atoms with E-state index >= 15 is 0 Å². The van der Waals surface area contributed by atoms with Gasteiger partial charge in [-0.3, -0.25) is 0 Å². The van der Waals surface area contributed by atoms with Crippen molar-refractivity contribution in [1.82, 2.24) is 9.71 Å². The van der Waals surface area contributed by atoms with Gasteiger partial charge in [0.05, 0.1) is 4.90 Å². The van der Waals surface area contributed by atoms with Crippen LogP contribution in [0.15, 0.2) is 59.6 Å². The van der Waals surface area contributed by atoms with E-state index in [9.17, 15) is 8.42 Å². The van der Waals surface area contributed by atoms with E-state index in [-0.39, 0.29) is 6.04 Å². The van der Waals surface area contributed by atoms with E-state index in [0.29, 0.717) is 11.3 Å². The molecule has 5 heteroatoms. The Morgan fingerprint density at radius 2 is 1.79 bits per heavy atom. The van der Waals surface area contributed by atoms with Gasteiger partial charge in [0, 0.05) is 23.1 Å². The molecule has 0 aliphatic heterocycles. The molecule has 0 spiro atoms. The third kappa shape index (κ3) is 3.52. The fraction of sp³-hybridized carbons (Fsp3) is 0.263. The van der Waals surface area contributed by atoms with E-state index < -0.39 is 10.0 Å². The van der Waals surface area contributed by atoms with E-state index in [4.69, 9.17) is 0 Å². The molecular weight excluding hydrogens is 320 g/mol. The SMILES string of the molecule is CCC(Cc1c[nH]c2ccccc12)NS(=O)(=O)c1ccc(C)cc1. The Labute approximate surface area is 143 Å². The van der Waals surface area contributed by atoms with Crippen LogP contribution in [0.2, 0.25) is 0 Å². The summed E-state index contributed by atoms with van der Waals surface area (Å²) >= 11 is 0. The lowest BCUT2D eigenvalue weighted by Gasteiger charge is -2.17. The van der Waals surface area contributed by atoms with Crippen LogP contribution in [0.4, 0.5) is 0 Å². The molecule has 0 saturated carbocycles. The second-order valence-corrected chi connectivity index (χ2v) is 7.82. The van der Waals surface area contributed by atoms with Crippen molar-refractivity contribution < 1.29 is 8.42 Å². The Bertz CT molecular complexity index is 927. The van der Waals surface area contributed by atoms with E-state index in [2.05, 4.69) is 15.8 Å². The summed E-state index contributed by atoms with van der Waals surface area (Å²) < 4.78 is 28.0. The number of para-hydroxylation sites is 1. The Kier molecular flexibility index (Phi) is 4.73. The van der Waals surface area contributed by atoms with Gasteiger partial charge in [-0.2, -0.15) is 0 Å². The van der Waals surface area contributed by atoms with Gasteiger partial charge < -0.3 is 4.98 Å². The molecular formula is C19H22N2O2S. The quantitative estimate of drug-likeness (QED) is 0.716. The molecule has 1 heterocycles. The summed E-state index contributed by atoms with van der Waals surface area (Å²) in [5, 5.41) is 1.14. The molecule has 0 aliphatic rings. The zero-order valence-corrected chi connectivity index (χ0v) is 14.7. The molecule has 0 amide bonds. The molecule has 1 atom stereocenters. The number of benzene rings is 2. The minimum atomic E-state index is -3.51. The lowest BCUT2D eigenvalue weighted by molar-refractivity contribution is 0.537. The Balaban J connectivity index is 1.80. The van der Waals surface area contributed by atoms with Crippen LogP contribution >= 0.6 is 0 Å². The average Bonchev–Trinajstić information content (AvgIpc) is 2.97. The van der Waals surface area contributed by atoms with Crippen LogP contribution < -0.4 is 4.72 Å². The summed E-state index contributed by atoms with van der Waals surface area (Å²) in [6.45, 7) is 3.94. The fourth-order valence-corrected chi connectivity index (χ4v) is 4.16. The van der Waals surface area contributed by atoms with Crippen molar-refractivity contribution in [3.8, 4) is 0 Å². The van der Waals surface area contributed by atoms with Gasteiger partial charge >= 0.3 is 0 Å². The smallest absolute Gasteiger partial charge is 0.240 e. The number of rotatable bonds is 6. The highest BCUT2D eigenvalue weighted by Gasteiger charge is 2.20. The van der Waals surface area contributed by atoms with E-state index in [1.165, 1.54) is 0 Å². The van der Waals surface area contributed by atoms with Crippen molar-refractivity contribution >= 4 is 20.9 Å². The number of aromatic nitrogens is 1. The van der Waals surface area contributed by atoms with Crippen molar-refractivity contribution in [2.75, 3.05) is 0 Å². The molecule has 1 unspecified atom stereocenters. The monoisotopic (exact) mass is 342 g/mol. The highest BCUT2D eigenvalue weighted by Crippen LogP contribution is 2.20. The van der Waals surface area contributed by atoms with Crippen LogP contribution in [0, 0.1) is 6.92 Å². The predicted molar refractivity (Wildman–Crippen MR) is 97.6 cm³/mol. The number of hydrogen-bond acceptors (Lipinski definition) is 2. The second-order valence-electron chi connectivity index (χ2n) is 6.10. The maximum absolute atomic E-state index is 12.6. The lowest BCUT2D eigenvalue weighted by atomic mass is 10.0. The zero-order chi connectivity index (χ0) is 17.2. The first-order chi connectivity index (χ1) is 11.5. The number of H-pyrrole nitrogens is 1. The summed E-state index contributed by atoms with van der Waals surface area (Å²) in [7, 11) is -3.51. The maximum atomic E-state index is 12.6. The Morgan fingerprint density at radius 3 is 2.50 bits per heavy atom. The van der Waals surface area contributed by atoms with Crippen LogP contribution in [-0.4, -0.2) is 19.4 Å². The lowest BCUT2D eigenvalue weighted by Crippen LogP contribution is -2.35. The fourth-order valence-electron chi connectivity index (χ4n) is 2.84. The molecule has 3 rings (SSSR count). The van der Waals surface area contributed by atoms with Gasteiger partial charge in [0.1, 0.15) is 0 Å². The van der Waals surface area contributed by atoms with Gasteiger partial charge in [-0.05, 0) is 43.5 Å². The largest absolute Gasteiger partial charge is 0.361 e. The molecule has 126 valence electrons. The molecule has 0 bridgehead atoms. The molecule has 2 aromatic carbocycles. The minimum absolute atomic E-state index is 0.143. The van der Waals surface area contributed by atoms with Gasteiger partial charge in [0.15, 0.2) is 0 Å². The number of fused-ring (bicyclic) bond motifs is 1. The van der Waals surface area contributed by atoms with E-state index in [1.807, 2.05) is 50.4 Å². The molecule has 0 radical (unpaired) electrons. The first kappa shape index (κ1) is 16.7. The van der Waals surface area contributed by atoms with E-state index in [0.717, 1.165) is 28.5 Å². The molecule has 24 heavy (non-hydrogen) atoms. The van der Waals surface area contributed by atoms with Crippen LogP contribution in [0.25, 0.3) is 10.9 Å². The highest BCUT2D eigenvalue weighted by molar-refractivity contribution is 7.89. The Hall–Kier alpha value is -2.11. The standard InChI is InChI=1S/C19H22N2O2S/c1-3-16(12-15-13-20-19-7-5-4-6-18(15)19)21-24(22,23)17-10-8-14(2)9-11-17/h4-11,13,16,20-21H,3,12H2,1-2H3. The first-order valence-electron chi connectivity index (χ1n) is 8.13. The van der Waals surface area contributed by atoms with Gasteiger partial charge in [-0.25, -0.2) is 13.1 Å². The van der Waals surface area contributed by atoms with Gasteiger partial charge in [0.2, 0.25) is 10.0 Å². The molecule has 2 N–H and O–H groups in total. The highest BCUT2D eigenvalue weighted by atomic mass is 32.2. The minimum Gasteiger partial charge on any atom is -0.361 e. The first-order valence-corrected chi connectivity index (χ1v) is 9.62. The van der Waals surface area contributed by atoms with Crippen LogP contribution in [0.3, 0.4) is 0 Å².